The van der Waals surface area contributed by atoms with E-state index in [2.05, 4.69) is 61.7 Å². The van der Waals surface area contributed by atoms with Gasteiger partial charge in [0.1, 0.15) is 5.75 Å². The highest BCUT2D eigenvalue weighted by atomic mass is 35.5. The normalized spacial score (nSPS) is 12.7. The van der Waals surface area contributed by atoms with Gasteiger partial charge in [0.15, 0.2) is 0 Å². The molecule has 1 aliphatic rings. The number of hydrogen-bond acceptors (Lipinski definition) is 6. The van der Waals surface area contributed by atoms with Crippen LogP contribution >= 0.6 is 11.6 Å². The van der Waals surface area contributed by atoms with Crippen molar-refractivity contribution in [3.05, 3.63) is 110 Å². The Balaban J connectivity index is 1.44. The van der Waals surface area contributed by atoms with Gasteiger partial charge >= 0.3 is 5.97 Å². The molecule has 3 N–H and O–H groups in total. The molecule has 1 amide bonds. The van der Waals surface area contributed by atoms with Gasteiger partial charge in [-0.1, -0.05) is 41.9 Å². The van der Waals surface area contributed by atoms with Crippen LogP contribution in [0, 0.1) is 27.7 Å². The van der Waals surface area contributed by atoms with E-state index >= 15 is 0 Å². The van der Waals surface area contributed by atoms with Gasteiger partial charge < -0.3 is 25.4 Å². The van der Waals surface area contributed by atoms with Gasteiger partial charge in [0.05, 0.1) is 23.6 Å². The number of allylic oxidation sites excluding steroid dienone is 1. The van der Waals surface area contributed by atoms with E-state index in [0.717, 1.165) is 85.6 Å². The number of carboxylic acids is 1. The van der Waals surface area contributed by atoms with Gasteiger partial charge in [0, 0.05) is 42.2 Å². The zero-order valence-electron chi connectivity index (χ0n) is 31.9. The van der Waals surface area contributed by atoms with Crippen LogP contribution in [0.2, 0.25) is 5.02 Å². The summed E-state index contributed by atoms with van der Waals surface area (Å²) >= 11 is 6.38. The average molecular weight is 739 g/mol. The zero-order chi connectivity index (χ0) is 38.2. The molecule has 0 saturated heterocycles. The van der Waals surface area contributed by atoms with Crippen molar-refractivity contribution in [1.29, 1.82) is 0 Å². The summed E-state index contributed by atoms with van der Waals surface area (Å²) in [5, 5.41) is 21.7. The van der Waals surface area contributed by atoms with E-state index in [1.54, 1.807) is 18.2 Å². The molecular weight excluding hydrogens is 688 g/mol. The molecule has 1 aliphatic carbocycles. The number of aromatic nitrogens is 2. The molecule has 0 radical (unpaired) electrons. The van der Waals surface area contributed by atoms with Crippen molar-refractivity contribution in [3.8, 4) is 16.9 Å². The van der Waals surface area contributed by atoms with Gasteiger partial charge in [-0.05, 0) is 138 Å². The molecule has 0 saturated carbocycles. The van der Waals surface area contributed by atoms with Crippen LogP contribution in [0.5, 0.6) is 5.75 Å². The third-order valence-corrected chi connectivity index (χ3v) is 10.1. The molecule has 0 bridgehead atoms. The lowest BCUT2D eigenvalue weighted by atomic mass is 9.93. The first-order valence-corrected chi connectivity index (χ1v) is 18.6. The number of carbonyl (C=O) groups excluding carboxylic acids is 1. The standard InChI is InChI=1S/C42H51ClN6O4/c1-8-44-42(45-18-12-19-48(6)7)49-29(5)38(28(4)47-49)35-16-10-15-33-34(17-11-20-53-32-21-26(2)39(43)27(3)22-32)37(24-36(33)35)40(50)46-25-30-13-9-14-31(23-30)41(51)52/h9-10,13-16,21-23H,8,11-12,17-20,24-25H2,1-7H3,(H,44,45)(H,46,50)(H,51,52). The van der Waals surface area contributed by atoms with E-state index in [9.17, 15) is 14.7 Å². The molecule has 1 aromatic heterocycles. The maximum Gasteiger partial charge on any atom is 0.335 e. The number of fused-ring (bicyclic) bond motifs is 1. The van der Waals surface area contributed by atoms with Crippen molar-refractivity contribution in [2.45, 2.75) is 66.8 Å². The highest BCUT2D eigenvalue weighted by molar-refractivity contribution is 6.32. The van der Waals surface area contributed by atoms with E-state index in [1.165, 1.54) is 0 Å². The van der Waals surface area contributed by atoms with Crippen molar-refractivity contribution in [2.75, 3.05) is 40.3 Å². The van der Waals surface area contributed by atoms with Crippen LogP contribution in [0.3, 0.4) is 0 Å². The number of rotatable bonds is 15. The lowest BCUT2D eigenvalue weighted by molar-refractivity contribution is -0.117. The smallest absolute Gasteiger partial charge is 0.335 e. The second-order valence-electron chi connectivity index (χ2n) is 13.8. The summed E-state index contributed by atoms with van der Waals surface area (Å²) < 4.78 is 8.06. The lowest BCUT2D eigenvalue weighted by Gasteiger charge is -2.14. The molecule has 1 heterocycles. The summed E-state index contributed by atoms with van der Waals surface area (Å²) in [6, 6.07) is 16.8. The van der Waals surface area contributed by atoms with E-state index in [4.69, 9.17) is 26.4 Å². The minimum absolute atomic E-state index is 0.170. The van der Waals surface area contributed by atoms with Gasteiger partial charge in [-0.15, -0.1) is 0 Å². The number of aliphatic imine (C=N–C) groups is 1. The number of carbonyl (C=O) groups is 2. The van der Waals surface area contributed by atoms with Crippen LogP contribution in [-0.2, 0) is 17.8 Å². The minimum atomic E-state index is -1.00. The number of halogens is 1. The number of aromatic carboxylic acids is 1. The Morgan fingerprint density at radius 2 is 1.72 bits per heavy atom. The van der Waals surface area contributed by atoms with Crippen molar-refractivity contribution in [1.82, 2.24) is 25.3 Å². The predicted molar refractivity (Wildman–Crippen MR) is 213 cm³/mol. The molecule has 0 unspecified atom stereocenters. The lowest BCUT2D eigenvalue weighted by Crippen LogP contribution is -2.32. The van der Waals surface area contributed by atoms with Crippen LogP contribution in [0.15, 0.2) is 65.2 Å². The second-order valence-corrected chi connectivity index (χ2v) is 14.2. The quantitative estimate of drug-likeness (QED) is 0.0661. The first-order chi connectivity index (χ1) is 25.4. The number of amides is 1. The Labute approximate surface area is 317 Å². The third-order valence-electron chi connectivity index (χ3n) is 9.49. The fraction of sp³-hybridized carbons (Fsp3) is 0.381. The molecule has 11 heteroatoms. The van der Waals surface area contributed by atoms with E-state index < -0.39 is 5.97 Å². The molecule has 0 atom stereocenters. The maximum atomic E-state index is 14.0. The SMILES string of the molecule is CCNC(=NCCCN(C)C)n1nc(C)c(-c2cccc3c2CC(C(=O)NCc2cccc(C(=O)O)c2)=C3CCCOc2cc(C)c(Cl)c(C)c2)c1C. The van der Waals surface area contributed by atoms with Crippen molar-refractivity contribution in [3.63, 3.8) is 0 Å². The van der Waals surface area contributed by atoms with Crippen molar-refractivity contribution >= 4 is 35.0 Å². The van der Waals surface area contributed by atoms with Gasteiger partial charge in [0.25, 0.3) is 0 Å². The van der Waals surface area contributed by atoms with E-state index in [1.807, 2.05) is 43.7 Å². The van der Waals surface area contributed by atoms with Gasteiger partial charge in [-0.3, -0.25) is 9.79 Å². The van der Waals surface area contributed by atoms with Gasteiger partial charge in [-0.2, -0.15) is 5.10 Å². The topological polar surface area (TPSA) is 121 Å². The first kappa shape index (κ1) is 39.3. The Morgan fingerprint density at radius 3 is 2.42 bits per heavy atom. The van der Waals surface area contributed by atoms with Gasteiger partial charge in [-0.25, -0.2) is 9.48 Å². The summed E-state index contributed by atoms with van der Waals surface area (Å²) in [4.78, 5) is 32.6. The highest BCUT2D eigenvalue weighted by Crippen LogP contribution is 2.42. The molecule has 53 heavy (non-hydrogen) atoms. The molecule has 0 aliphatic heterocycles. The Morgan fingerprint density at radius 1 is 1.00 bits per heavy atom. The molecule has 3 aromatic carbocycles. The number of benzene rings is 3. The number of ether oxygens (including phenoxy) is 1. The molecule has 280 valence electrons. The zero-order valence-corrected chi connectivity index (χ0v) is 32.7. The number of carboxylic acid groups (broad SMARTS) is 1. The van der Waals surface area contributed by atoms with E-state index in [-0.39, 0.29) is 18.0 Å². The second kappa shape index (κ2) is 17.7. The molecule has 10 nitrogen and oxygen atoms in total. The predicted octanol–water partition coefficient (Wildman–Crippen LogP) is 7.39. The van der Waals surface area contributed by atoms with Crippen LogP contribution in [0.4, 0.5) is 0 Å². The van der Waals surface area contributed by atoms with Crippen LogP contribution < -0.4 is 15.4 Å². The Kier molecular flexibility index (Phi) is 13.1. The number of hydrogen-bond donors (Lipinski definition) is 3. The monoisotopic (exact) mass is 738 g/mol. The average Bonchev–Trinajstić information content (AvgIpc) is 3.65. The molecular formula is C42H51ClN6O4. The number of nitrogens with one attached hydrogen (secondary N) is 2. The third kappa shape index (κ3) is 9.36. The largest absolute Gasteiger partial charge is 0.494 e. The Hall–Kier alpha value is -4.93. The summed E-state index contributed by atoms with van der Waals surface area (Å²) in [6.07, 6.45) is 2.74. The summed E-state index contributed by atoms with van der Waals surface area (Å²) in [6.45, 7) is 13.1. The van der Waals surface area contributed by atoms with Gasteiger partial charge in [0.2, 0.25) is 11.9 Å². The summed E-state index contributed by atoms with van der Waals surface area (Å²) in [5.41, 5.74) is 10.6. The first-order valence-electron chi connectivity index (χ1n) is 18.2. The number of aryl methyl sites for hydroxylation is 3. The summed E-state index contributed by atoms with van der Waals surface area (Å²) in [7, 11) is 4.12. The highest BCUT2D eigenvalue weighted by Gasteiger charge is 2.30. The molecule has 0 spiro atoms. The molecule has 5 rings (SSSR count). The van der Waals surface area contributed by atoms with Crippen LogP contribution in [0.25, 0.3) is 16.7 Å². The van der Waals surface area contributed by atoms with Crippen molar-refractivity contribution in [2.24, 2.45) is 4.99 Å². The molecule has 0 fully saturated rings. The fourth-order valence-corrected chi connectivity index (χ4v) is 7.05. The van der Waals surface area contributed by atoms with Crippen LogP contribution in [-0.4, -0.2) is 78.0 Å². The Bertz CT molecular complexity index is 2020. The fourth-order valence-electron chi connectivity index (χ4n) is 6.94. The molecule has 4 aromatic rings. The van der Waals surface area contributed by atoms with Crippen molar-refractivity contribution < 1.29 is 19.4 Å². The number of nitrogens with zero attached hydrogens (tertiary/aromatic N) is 4. The van der Waals surface area contributed by atoms with E-state index in [0.29, 0.717) is 44.5 Å². The summed E-state index contributed by atoms with van der Waals surface area (Å²) in [5.74, 6) is 0.323. The minimum Gasteiger partial charge on any atom is -0.494 e. The van der Waals surface area contributed by atoms with Crippen LogP contribution in [0.1, 0.15) is 75.7 Å². The maximum absolute atomic E-state index is 14.0.